The van der Waals surface area contributed by atoms with Crippen molar-refractivity contribution in [1.82, 2.24) is 20.0 Å². The van der Waals surface area contributed by atoms with Gasteiger partial charge in [-0.05, 0) is 31.4 Å². The molecule has 2 fully saturated rings. The zero-order chi connectivity index (χ0) is 17.7. The van der Waals surface area contributed by atoms with Crippen molar-refractivity contribution in [3.05, 3.63) is 41.1 Å². The minimum Gasteiger partial charge on any atom is -0.464 e. The van der Waals surface area contributed by atoms with Crippen molar-refractivity contribution in [1.29, 1.82) is 0 Å². The van der Waals surface area contributed by atoms with Crippen molar-refractivity contribution in [2.24, 2.45) is 13.0 Å². The fourth-order valence-electron chi connectivity index (χ4n) is 3.92. The van der Waals surface area contributed by atoms with Crippen molar-refractivity contribution < 1.29 is 9.21 Å². The van der Waals surface area contributed by atoms with Crippen LogP contribution in [0.1, 0.15) is 54.5 Å². The van der Waals surface area contributed by atoms with E-state index in [1.54, 1.807) is 0 Å². The number of carbonyl (C=O) groups excluding carboxylic acids is 1. The number of furan rings is 1. The van der Waals surface area contributed by atoms with Gasteiger partial charge < -0.3 is 14.6 Å². The lowest BCUT2D eigenvalue weighted by molar-refractivity contribution is -0.127. The van der Waals surface area contributed by atoms with Crippen LogP contribution in [0.5, 0.6) is 0 Å². The summed E-state index contributed by atoms with van der Waals surface area (Å²) < 4.78 is 7.84. The van der Waals surface area contributed by atoms with Crippen molar-refractivity contribution in [2.45, 2.75) is 51.2 Å². The molecule has 2 aliphatic rings. The summed E-state index contributed by atoms with van der Waals surface area (Å²) in [5.74, 6) is 3.55. The molecule has 1 saturated heterocycles. The molecule has 2 aromatic heterocycles. The predicted molar refractivity (Wildman–Crippen MR) is 93.9 cm³/mol. The van der Waals surface area contributed by atoms with E-state index in [1.807, 2.05) is 36.8 Å². The van der Waals surface area contributed by atoms with E-state index < -0.39 is 0 Å². The molecule has 6 nitrogen and oxygen atoms in total. The fraction of sp³-hybridized carbons (Fsp3) is 0.579. The van der Waals surface area contributed by atoms with E-state index in [9.17, 15) is 4.79 Å². The Hall–Kier alpha value is -2.08. The van der Waals surface area contributed by atoms with Crippen LogP contribution in [0, 0.1) is 12.8 Å². The quantitative estimate of drug-likeness (QED) is 0.907. The topological polar surface area (TPSA) is 63.3 Å². The maximum Gasteiger partial charge on any atom is 0.224 e. The molecule has 1 amide bonds. The van der Waals surface area contributed by atoms with Crippen LogP contribution in [-0.4, -0.2) is 33.7 Å². The van der Waals surface area contributed by atoms with Gasteiger partial charge in [-0.15, -0.1) is 0 Å². The summed E-state index contributed by atoms with van der Waals surface area (Å²) in [6, 6.07) is 4.23. The average Bonchev–Trinajstić information content (AvgIpc) is 2.90. The average molecular weight is 342 g/mol. The van der Waals surface area contributed by atoms with Crippen LogP contribution in [0.3, 0.4) is 0 Å². The highest BCUT2D eigenvalue weighted by Gasteiger charge is 2.40. The second kappa shape index (κ2) is 6.02. The molecule has 25 heavy (non-hydrogen) atoms. The van der Waals surface area contributed by atoms with Crippen LogP contribution in [-0.2, 0) is 18.4 Å². The normalized spacial score (nSPS) is 28.8. The Morgan fingerprint density at radius 1 is 1.36 bits per heavy atom. The number of rotatable bonds is 5. The number of likely N-dealkylation sites (tertiary alicyclic amines) is 1. The van der Waals surface area contributed by atoms with E-state index in [0.717, 1.165) is 28.7 Å². The largest absolute Gasteiger partial charge is 0.464 e. The number of likely N-dealkylation sites (N-methyl/N-ethyl adjacent to an activating group) is 1. The summed E-state index contributed by atoms with van der Waals surface area (Å²) >= 11 is 0. The molecule has 0 bridgehead atoms. The summed E-state index contributed by atoms with van der Waals surface area (Å²) in [5, 5.41) is 7.88. The Kier molecular flexibility index (Phi) is 3.95. The maximum absolute atomic E-state index is 12.3. The predicted octanol–water partition coefficient (Wildman–Crippen LogP) is 2.51. The monoisotopic (exact) mass is 342 g/mol. The van der Waals surface area contributed by atoms with Crippen LogP contribution in [0.15, 0.2) is 22.7 Å². The van der Waals surface area contributed by atoms with E-state index in [2.05, 4.69) is 29.5 Å². The zero-order valence-corrected chi connectivity index (χ0v) is 15.3. The Morgan fingerprint density at radius 2 is 2.12 bits per heavy atom. The first kappa shape index (κ1) is 16.4. The molecule has 2 aromatic rings. The molecular weight excluding hydrogens is 316 g/mol. The van der Waals surface area contributed by atoms with E-state index in [-0.39, 0.29) is 18.0 Å². The van der Waals surface area contributed by atoms with Gasteiger partial charge in [0.25, 0.3) is 0 Å². The Balaban J connectivity index is 1.47. The highest BCUT2D eigenvalue weighted by Crippen LogP contribution is 2.47. The van der Waals surface area contributed by atoms with Gasteiger partial charge in [0.05, 0.1) is 18.8 Å². The summed E-state index contributed by atoms with van der Waals surface area (Å²) in [4.78, 5) is 14.1. The third kappa shape index (κ3) is 2.88. The van der Waals surface area contributed by atoms with E-state index in [4.69, 9.17) is 4.42 Å². The highest BCUT2D eigenvalue weighted by molar-refractivity contribution is 5.80. The summed E-state index contributed by atoms with van der Waals surface area (Å²) in [6.07, 6.45) is 3.61. The summed E-state index contributed by atoms with van der Waals surface area (Å²) in [6.45, 7) is 4.94. The molecule has 1 saturated carbocycles. The first-order valence-electron chi connectivity index (χ1n) is 9.02. The van der Waals surface area contributed by atoms with Crippen LogP contribution in [0.4, 0.5) is 0 Å². The first-order valence-corrected chi connectivity index (χ1v) is 9.02. The first-order chi connectivity index (χ1) is 12.0. The van der Waals surface area contributed by atoms with Crippen LogP contribution in [0.25, 0.3) is 0 Å². The lowest BCUT2D eigenvalue weighted by Gasteiger charge is -2.25. The highest BCUT2D eigenvalue weighted by atomic mass is 16.3. The molecule has 0 radical (unpaired) electrons. The second-order valence-corrected chi connectivity index (χ2v) is 7.57. The molecule has 0 spiro atoms. The van der Waals surface area contributed by atoms with Gasteiger partial charge in [-0.2, -0.15) is 5.10 Å². The zero-order valence-electron chi connectivity index (χ0n) is 15.3. The minimum atomic E-state index is 0.0130. The van der Waals surface area contributed by atoms with Crippen molar-refractivity contribution in [3.8, 4) is 0 Å². The molecule has 1 N–H and O–H groups in total. The standard InChI is InChI=1S/C19H26N4O2/c1-11-7-14(11)17-6-5-13(25-17)9-20-16-8-18(24)22(3)19(16)15-10-21-23(4)12(15)2/h5-6,10-11,14,16,19-20H,7-9H2,1-4H3/t11-,14-,16+,19-/m0/s1. The lowest BCUT2D eigenvalue weighted by Crippen LogP contribution is -2.35. The van der Waals surface area contributed by atoms with E-state index >= 15 is 0 Å². The van der Waals surface area contributed by atoms with Crippen molar-refractivity contribution in [3.63, 3.8) is 0 Å². The molecule has 1 aliphatic heterocycles. The third-order valence-corrected chi connectivity index (χ3v) is 5.87. The van der Waals surface area contributed by atoms with Gasteiger partial charge in [-0.3, -0.25) is 9.48 Å². The molecule has 0 aromatic carbocycles. The van der Waals surface area contributed by atoms with Crippen LogP contribution >= 0.6 is 0 Å². The second-order valence-electron chi connectivity index (χ2n) is 7.57. The van der Waals surface area contributed by atoms with E-state index in [0.29, 0.717) is 18.9 Å². The number of nitrogens with zero attached hydrogens (tertiary/aromatic N) is 3. The molecule has 134 valence electrons. The number of nitrogens with one attached hydrogen (secondary N) is 1. The molecule has 6 heteroatoms. The smallest absolute Gasteiger partial charge is 0.224 e. The van der Waals surface area contributed by atoms with Gasteiger partial charge in [0.2, 0.25) is 5.91 Å². The van der Waals surface area contributed by atoms with Gasteiger partial charge >= 0.3 is 0 Å². The van der Waals surface area contributed by atoms with Gasteiger partial charge in [-0.25, -0.2) is 0 Å². The molecular formula is C19H26N4O2. The molecule has 4 atom stereocenters. The Labute approximate surface area is 148 Å². The Bertz CT molecular complexity index is 793. The minimum absolute atomic E-state index is 0.0130. The lowest BCUT2D eigenvalue weighted by atomic mass is 10.0. The fourth-order valence-corrected chi connectivity index (χ4v) is 3.92. The third-order valence-electron chi connectivity index (χ3n) is 5.87. The maximum atomic E-state index is 12.3. The molecule has 0 unspecified atom stereocenters. The SMILES string of the molecule is Cc1c([C@H]2[C@H](NCc3ccc([C@H]4C[C@@H]4C)o3)CC(=O)N2C)cnn1C. The number of aromatic nitrogens is 2. The number of hydrogen-bond donors (Lipinski definition) is 1. The molecule has 1 aliphatic carbocycles. The number of aryl methyl sites for hydroxylation is 1. The van der Waals surface area contributed by atoms with Crippen molar-refractivity contribution >= 4 is 5.91 Å². The van der Waals surface area contributed by atoms with Crippen LogP contribution < -0.4 is 5.32 Å². The molecule has 3 heterocycles. The van der Waals surface area contributed by atoms with Gasteiger partial charge in [0, 0.05) is 43.7 Å². The summed E-state index contributed by atoms with van der Waals surface area (Å²) in [7, 11) is 3.81. The number of amides is 1. The number of hydrogen-bond acceptors (Lipinski definition) is 4. The van der Waals surface area contributed by atoms with Gasteiger partial charge in [0.15, 0.2) is 0 Å². The summed E-state index contributed by atoms with van der Waals surface area (Å²) in [5.41, 5.74) is 2.21. The number of carbonyl (C=O) groups is 1. The molecule has 4 rings (SSSR count). The van der Waals surface area contributed by atoms with Crippen molar-refractivity contribution in [2.75, 3.05) is 7.05 Å². The van der Waals surface area contributed by atoms with Gasteiger partial charge in [0.1, 0.15) is 11.5 Å². The van der Waals surface area contributed by atoms with Crippen LogP contribution in [0.2, 0.25) is 0 Å². The Morgan fingerprint density at radius 3 is 2.76 bits per heavy atom. The van der Waals surface area contributed by atoms with E-state index in [1.165, 1.54) is 6.42 Å². The van der Waals surface area contributed by atoms with Gasteiger partial charge in [-0.1, -0.05) is 6.92 Å².